The Hall–Kier alpha value is -2.10. The second kappa shape index (κ2) is 3.98. The number of rotatable bonds is 2. The van der Waals surface area contributed by atoms with Crippen LogP contribution >= 0.6 is 0 Å². The van der Waals surface area contributed by atoms with Crippen LogP contribution in [0.1, 0.15) is 29.5 Å². The maximum atomic E-state index is 11.5. The molecule has 2 rings (SSSR count). The molecule has 0 saturated heterocycles. The molecule has 18 heavy (non-hydrogen) atoms. The van der Waals surface area contributed by atoms with E-state index in [1.807, 2.05) is 13.0 Å². The fourth-order valence-electron chi connectivity index (χ4n) is 2.44. The summed E-state index contributed by atoms with van der Waals surface area (Å²) in [6.07, 6.45) is 3.18. The molecule has 2 unspecified atom stereocenters. The standard InChI is InChI=1S/C14H14O4/c1-8-4-3-5-10-9(8)6-7-14(2,13(17)18)11(10)12(15)16/h3-7,11H,1-2H3,(H,15,16)(H,17,18). The first-order valence-electron chi connectivity index (χ1n) is 5.63. The monoisotopic (exact) mass is 246 g/mol. The lowest BCUT2D eigenvalue weighted by Crippen LogP contribution is -2.39. The fourth-order valence-corrected chi connectivity index (χ4v) is 2.44. The summed E-state index contributed by atoms with van der Waals surface area (Å²) in [5, 5.41) is 18.7. The molecule has 1 aliphatic carbocycles. The van der Waals surface area contributed by atoms with Crippen LogP contribution in [0.25, 0.3) is 6.08 Å². The van der Waals surface area contributed by atoms with Crippen molar-refractivity contribution in [2.75, 3.05) is 0 Å². The maximum Gasteiger partial charge on any atom is 0.314 e. The molecular formula is C14H14O4. The summed E-state index contributed by atoms with van der Waals surface area (Å²) in [5.41, 5.74) is 0.910. The van der Waals surface area contributed by atoms with Gasteiger partial charge in [0, 0.05) is 0 Å². The van der Waals surface area contributed by atoms with Gasteiger partial charge in [0.1, 0.15) is 11.3 Å². The smallest absolute Gasteiger partial charge is 0.314 e. The van der Waals surface area contributed by atoms with Gasteiger partial charge in [-0.3, -0.25) is 9.59 Å². The van der Waals surface area contributed by atoms with Crippen molar-refractivity contribution < 1.29 is 19.8 Å². The molecule has 0 aromatic heterocycles. The zero-order valence-corrected chi connectivity index (χ0v) is 10.2. The van der Waals surface area contributed by atoms with E-state index in [4.69, 9.17) is 0 Å². The number of carboxylic acid groups (broad SMARTS) is 2. The van der Waals surface area contributed by atoms with Crippen molar-refractivity contribution in [2.24, 2.45) is 5.41 Å². The number of hydrogen-bond acceptors (Lipinski definition) is 2. The van der Waals surface area contributed by atoms with Crippen molar-refractivity contribution >= 4 is 18.0 Å². The first-order chi connectivity index (χ1) is 8.38. The van der Waals surface area contributed by atoms with E-state index < -0.39 is 23.3 Å². The van der Waals surface area contributed by atoms with Crippen molar-refractivity contribution in [3.8, 4) is 0 Å². The Balaban J connectivity index is 2.70. The highest BCUT2D eigenvalue weighted by Crippen LogP contribution is 2.44. The highest BCUT2D eigenvalue weighted by Gasteiger charge is 2.47. The molecule has 4 heteroatoms. The summed E-state index contributed by atoms with van der Waals surface area (Å²) in [6.45, 7) is 3.32. The molecule has 1 aliphatic rings. The van der Waals surface area contributed by atoms with Gasteiger partial charge in [0.2, 0.25) is 0 Å². The normalized spacial score (nSPS) is 25.6. The number of carbonyl (C=O) groups is 2. The third-order valence-electron chi connectivity index (χ3n) is 3.57. The molecule has 0 heterocycles. The van der Waals surface area contributed by atoms with Gasteiger partial charge in [-0.1, -0.05) is 30.4 Å². The minimum absolute atomic E-state index is 0.565. The van der Waals surface area contributed by atoms with E-state index in [-0.39, 0.29) is 0 Å². The first kappa shape index (κ1) is 12.4. The molecule has 0 saturated carbocycles. The number of benzene rings is 1. The molecule has 1 aromatic rings. The van der Waals surface area contributed by atoms with Crippen LogP contribution in [0.15, 0.2) is 24.3 Å². The summed E-state index contributed by atoms with van der Waals surface area (Å²) in [6, 6.07) is 5.32. The van der Waals surface area contributed by atoms with Gasteiger partial charge >= 0.3 is 11.9 Å². The Morgan fingerprint density at radius 3 is 2.50 bits per heavy atom. The fraction of sp³-hybridized carbons (Fsp3) is 0.286. The highest BCUT2D eigenvalue weighted by atomic mass is 16.4. The van der Waals surface area contributed by atoms with E-state index >= 15 is 0 Å². The van der Waals surface area contributed by atoms with E-state index in [1.54, 1.807) is 18.2 Å². The average molecular weight is 246 g/mol. The second-order valence-electron chi connectivity index (χ2n) is 4.77. The largest absolute Gasteiger partial charge is 0.481 e. The third kappa shape index (κ3) is 1.61. The van der Waals surface area contributed by atoms with Crippen molar-refractivity contribution in [2.45, 2.75) is 19.8 Å². The van der Waals surface area contributed by atoms with E-state index in [0.717, 1.165) is 11.1 Å². The molecule has 0 bridgehead atoms. The van der Waals surface area contributed by atoms with E-state index in [0.29, 0.717) is 5.56 Å². The van der Waals surface area contributed by atoms with E-state index in [2.05, 4.69) is 0 Å². The van der Waals surface area contributed by atoms with Crippen LogP contribution in [0.5, 0.6) is 0 Å². The van der Waals surface area contributed by atoms with Gasteiger partial charge in [-0.25, -0.2) is 0 Å². The van der Waals surface area contributed by atoms with Crippen molar-refractivity contribution in [1.82, 2.24) is 0 Å². The van der Waals surface area contributed by atoms with E-state index in [1.165, 1.54) is 13.0 Å². The molecule has 0 aliphatic heterocycles. The topological polar surface area (TPSA) is 74.6 Å². The molecule has 2 atom stereocenters. The lowest BCUT2D eigenvalue weighted by Gasteiger charge is -2.33. The Kier molecular flexibility index (Phi) is 2.73. The van der Waals surface area contributed by atoms with Gasteiger partial charge in [-0.15, -0.1) is 0 Å². The minimum atomic E-state index is -1.41. The van der Waals surface area contributed by atoms with Crippen molar-refractivity contribution in [1.29, 1.82) is 0 Å². The van der Waals surface area contributed by atoms with Crippen LogP contribution < -0.4 is 0 Å². The van der Waals surface area contributed by atoms with Crippen LogP contribution in [0.3, 0.4) is 0 Å². The molecule has 94 valence electrons. The molecule has 0 radical (unpaired) electrons. The summed E-state index contributed by atoms with van der Waals surface area (Å²) in [5.74, 6) is -3.30. The van der Waals surface area contributed by atoms with Crippen LogP contribution in [-0.2, 0) is 9.59 Å². The highest BCUT2D eigenvalue weighted by molar-refractivity contribution is 5.92. The Morgan fingerprint density at radius 2 is 1.94 bits per heavy atom. The number of aliphatic carboxylic acids is 2. The predicted molar refractivity (Wildman–Crippen MR) is 66.3 cm³/mol. The van der Waals surface area contributed by atoms with Gasteiger partial charge < -0.3 is 10.2 Å². The van der Waals surface area contributed by atoms with Crippen LogP contribution in [-0.4, -0.2) is 22.2 Å². The maximum absolute atomic E-state index is 11.5. The Morgan fingerprint density at radius 1 is 1.28 bits per heavy atom. The summed E-state index contributed by atoms with van der Waals surface area (Å²) >= 11 is 0. The summed E-state index contributed by atoms with van der Waals surface area (Å²) in [4.78, 5) is 22.8. The van der Waals surface area contributed by atoms with Gasteiger partial charge in [0.25, 0.3) is 0 Å². The minimum Gasteiger partial charge on any atom is -0.481 e. The zero-order valence-electron chi connectivity index (χ0n) is 10.2. The zero-order chi connectivity index (χ0) is 13.5. The third-order valence-corrected chi connectivity index (χ3v) is 3.57. The molecule has 0 spiro atoms. The average Bonchev–Trinajstić information content (AvgIpc) is 2.28. The van der Waals surface area contributed by atoms with Crippen LogP contribution in [0, 0.1) is 12.3 Å². The molecule has 0 amide bonds. The van der Waals surface area contributed by atoms with Gasteiger partial charge in [-0.05, 0) is 30.5 Å². The van der Waals surface area contributed by atoms with Gasteiger partial charge in [0.15, 0.2) is 0 Å². The lowest BCUT2D eigenvalue weighted by molar-refractivity contribution is -0.154. The summed E-state index contributed by atoms with van der Waals surface area (Å²) in [7, 11) is 0. The number of hydrogen-bond donors (Lipinski definition) is 2. The molecule has 2 N–H and O–H groups in total. The van der Waals surface area contributed by atoms with E-state index in [9.17, 15) is 19.8 Å². The lowest BCUT2D eigenvalue weighted by atomic mass is 9.68. The van der Waals surface area contributed by atoms with Gasteiger partial charge in [0.05, 0.1) is 0 Å². The number of aryl methyl sites for hydroxylation is 1. The predicted octanol–water partition coefficient (Wildman–Crippen LogP) is 2.28. The quantitative estimate of drug-likeness (QED) is 0.839. The second-order valence-corrected chi connectivity index (χ2v) is 4.77. The Labute approximate surface area is 105 Å². The first-order valence-corrected chi connectivity index (χ1v) is 5.63. The molecule has 0 fully saturated rings. The number of carboxylic acids is 2. The molecule has 4 nitrogen and oxygen atoms in total. The van der Waals surface area contributed by atoms with Crippen molar-refractivity contribution in [3.63, 3.8) is 0 Å². The van der Waals surface area contributed by atoms with Crippen LogP contribution in [0.2, 0.25) is 0 Å². The summed E-state index contributed by atoms with van der Waals surface area (Å²) < 4.78 is 0. The van der Waals surface area contributed by atoms with Crippen LogP contribution in [0.4, 0.5) is 0 Å². The van der Waals surface area contributed by atoms with Crippen molar-refractivity contribution in [3.05, 3.63) is 41.0 Å². The van der Waals surface area contributed by atoms with Gasteiger partial charge in [-0.2, -0.15) is 0 Å². The SMILES string of the molecule is Cc1cccc2c1C=CC(C)(C(=O)O)C2C(=O)O. The number of fused-ring (bicyclic) bond motifs is 1. The molecule has 1 aromatic carbocycles. The Bertz CT molecular complexity index is 559. The molecular weight excluding hydrogens is 232 g/mol.